The Kier molecular flexibility index (Phi) is 1.70. The Labute approximate surface area is 54.5 Å². The molecule has 1 aliphatic rings. The van der Waals surface area contributed by atoms with Crippen molar-refractivity contribution in [1.29, 1.82) is 5.26 Å². The van der Waals surface area contributed by atoms with Crippen LogP contribution in [0.4, 0.5) is 4.39 Å². The zero-order valence-corrected chi connectivity index (χ0v) is 5.23. The van der Waals surface area contributed by atoms with Crippen molar-refractivity contribution >= 4 is 0 Å². The van der Waals surface area contributed by atoms with Gasteiger partial charge in [0, 0.05) is 0 Å². The third-order valence-electron chi connectivity index (χ3n) is 1.69. The first-order chi connectivity index (χ1) is 4.27. The highest BCUT2D eigenvalue weighted by molar-refractivity contribution is 5.04. The third kappa shape index (κ3) is 1.41. The number of hydrogen-bond donors (Lipinski definition) is 0. The van der Waals surface area contributed by atoms with E-state index in [9.17, 15) is 4.39 Å². The predicted molar refractivity (Wildman–Crippen MR) is 32.2 cm³/mol. The fourth-order valence-corrected chi connectivity index (χ4v) is 1.04. The smallest absolute Gasteiger partial charge is 0.196 e. The molecule has 0 spiro atoms. The Balaban J connectivity index is 2.49. The van der Waals surface area contributed by atoms with Gasteiger partial charge in [-0.25, -0.2) is 4.39 Å². The average Bonchev–Trinajstić information content (AvgIpc) is 1.90. The van der Waals surface area contributed by atoms with E-state index in [1.54, 1.807) is 6.07 Å². The quantitative estimate of drug-likeness (QED) is 0.487. The molecule has 9 heavy (non-hydrogen) atoms. The Morgan fingerprint density at radius 2 is 2.00 bits per heavy atom. The standard InChI is InChI=1S/C7H9FN/c8-7(6-9)4-2-1-3-5-7/h1H,2-5H2. The van der Waals surface area contributed by atoms with Crippen molar-refractivity contribution in [1.82, 2.24) is 0 Å². The van der Waals surface area contributed by atoms with E-state index in [1.165, 1.54) is 0 Å². The summed E-state index contributed by atoms with van der Waals surface area (Å²) in [5, 5.41) is 8.31. The van der Waals surface area contributed by atoms with Gasteiger partial charge in [0.2, 0.25) is 0 Å². The van der Waals surface area contributed by atoms with Crippen molar-refractivity contribution in [2.45, 2.75) is 31.4 Å². The van der Waals surface area contributed by atoms with Crippen LogP contribution in [-0.4, -0.2) is 5.67 Å². The van der Waals surface area contributed by atoms with E-state index in [4.69, 9.17) is 5.26 Å². The molecule has 0 heterocycles. The minimum absolute atomic E-state index is 0.392. The van der Waals surface area contributed by atoms with Crippen LogP contribution in [0.25, 0.3) is 0 Å². The maximum Gasteiger partial charge on any atom is 0.196 e. The molecular weight excluding hydrogens is 117 g/mol. The molecular formula is C7H9FN. The average molecular weight is 126 g/mol. The normalized spacial score (nSPS) is 24.9. The van der Waals surface area contributed by atoms with Gasteiger partial charge in [0.1, 0.15) is 6.07 Å². The van der Waals surface area contributed by atoms with Gasteiger partial charge in [-0.2, -0.15) is 5.26 Å². The number of nitrogens with zero attached hydrogens (tertiary/aromatic N) is 1. The fraction of sp³-hybridized carbons (Fsp3) is 0.714. The first kappa shape index (κ1) is 6.54. The lowest BCUT2D eigenvalue weighted by atomic mass is 9.88. The molecule has 1 aliphatic carbocycles. The molecule has 2 heteroatoms. The second-order valence-electron chi connectivity index (χ2n) is 2.44. The monoisotopic (exact) mass is 126 g/mol. The molecule has 1 nitrogen and oxygen atoms in total. The number of rotatable bonds is 0. The van der Waals surface area contributed by atoms with Crippen LogP contribution in [0.15, 0.2) is 0 Å². The molecule has 0 aromatic carbocycles. The van der Waals surface area contributed by atoms with Crippen molar-refractivity contribution in [3.05, 3.63) is 6.42 Å². The summed E-state index contributed by atoms with van der Waals surface area (Å²) in [7, 11) is 0. The van der Waals surface area contributed by atoms with Crippen LogP contribution >= 0.6 is 0 Å². The van der Waals surface area contributed by atoms with Gasteiger partial charge in [-0.15, -0.1) is 0 Å². The van der Waals surface area contributed by atoms with E-state index in [-0.39, 0.29) is 0 Å². The molecule has 0 aromatic heterocycles. The molecule has 1 saturated carbocycles. The van der Waals surface area contributed by atoms with Crippen molar-refractivity contribution in [3.8, 4) is 6.07 Å². The van der Waals surface area contributed by atoms with Gasteiger partial charge in [-0.05, 0) is 32.1 Å². The molecule has 0 atom stereocenters. The summed E-state index contributed by atoms with van der Waals surface area (Å²) in [6, 6.07) is 1.69. The molecule has 1 fully saturated rings. The molecule has 0 unspecified atom stereocenters. The lowest BCUT2D eigenvalue weighted by molar-refractivity contribution is 0.190. The topological polar surface area (TPSA) is 23.8 Å². The predicted octanol–water partition coefficient (Wildman–Crippen LogP) is 2.00. The van der Waals surface area contributed by atoms with Crippen LogP contribution in [0.5, 0.6) is 0 Å². The second kappa shape index (κ2) is 2.34. The maximum absolute atomic E-state index is 12.9. The van der Waals surface area contributed by atoms with Crippen LogP contribution in [-0.2, 0) is 0 Å². The maximum atomic E-state index is 12.9. The zero-order valence-electron chi connectivity index (χ0n) is 5.23. The van der Waals surface area contributed by atoms with Gasteiger partial charge < -0.3 is 0 Å². The summed E-state index contributed by atoms with van der Waals surface area (Å²) in [5.41, 5.74) is -1.51. The van der Waals surface area contributed by atoms with Crippen molar-refractivity contribution in [2.24, 2.45) is 0 Å². The number of hydrogen-bond acceptors (Lipinski definition) is 1. The zero-order chi connectivity index (χ0) is 6.74. The van der Waals surface area contributed by atoms with E-state index >= 15 is 0 Å². The lowest BCUT2D eigenvalue weighted by Gasteiger charge is -2.21. The summed E-state index contributed by atoms with van der Waals surface area (Å²) in [6.45, 7) is 0. The third-order valence-corrected chi connectivity index (χ3v) is 1.69. The Hall–Kier alpha value is -0.580. The summed E-state index contributed by atoms with van der Waals surface area (Å²) in [5.74, 6) is 0. The van der Waals surface area contributed by atoms with Crippen LogP contribution in [0.2, 0.25) is 0 Å². The van der Waals surface area contributed by atoms with Crippen molar-refractivity contribution in [2.75, 3.05) is 0 Å². The summed E-state index contributed by atoms with van der Waals surface area (Å²) in [6.07, 6.45) is 4.33. The van der Waals surface area contributed by atoms with Gasteiger partial charge >= 0.3 is 0 Å². The van der Waals surface area contributed by atoms with Crippen molar-refractivity contribution in [3.63, 3.8) is 0 Å². The Morgan fingerprint density at radius 3 is 2.33 bits per heavy atom. The van der Waals surface area contributed by atoms with Gasteiger partial charge in [0.05, 0.1) is 0 Å². The minimum atomic E-state index is -1.51. The van der Waals surface area contributed by atoms with Gasteiger partial charge in [-0.1, -0.05) is 0 Å². The highest BCUT2D eigenvalue weighted by atomic mass is 19.1. The van der Waals surface area contributed by atoms with E-state index in [2.05, 4.69) is 0 Å². The molecule has 0 amide bonds. The molecule has 1 rings (SSSR count). The van der Waals surface area contributed by atoms with Crippen LogP contribution < -0.4 is 0 Å². The van der Waals surface area contributed by atoms with E-state index in [0.29, 0.717) is 12.8 Å². The number of nitriles is 1. The minimum Gasteiger partial charge on any atom is -0.227 e. The summed E-state index contributed by atoms with van der Waals surface area (Å²) >= 11 is 0. The highest BCUT2D eigenvalue weighted by Gasteiger charge is 2.30. The van der Waals surface area contributed by atoms with E-state index < -0.39 is 5.67 Å². The lowest BCUT2D eigenvalue weighted by Crippen LogP contribution is -2.23. The molecule has 0 bridgehead atoms. The molecule has 0 N–H and O–H groups in total. The van der Waals surface area contributed by atoms with Gasteiger partial charge in [0.15, 0.2) is 5.67 Å². The van der Waals surface area contributed by atoms with Crippen molar-refractivity contribution < 1.29 is 4.39 Å². The van der Waals surface area contributed by atoms with Gasteiger partial charge in [-0.3, -0.25) is 0 Å². The fourth-order valence-electron chi connectivity index (χ4n) is 1.04. The Morgan fingerprint density at radius 1 is 1.44 bits per heavy atom. The van der Waals surface area contributed by atoms with Crippen LogP contribution in [0.3, 0.4) is 0 Å². The first-order valence-corrected chi connectivity index (χ1v) is 3.19. The summed E-state index contributed by atoms with van der Waals surface area (Å²) in [4.78, 5) is 0. The molecule has 1 radical (unpaired) electrons. The first-order valence-electron chi connectivity index (χ1n) is 3.19. The largest absolute Gasteiger partial charge is 0.227 e. The summed E-state index contributed by atoms with van der Waals surface area (Å²) < 4.78 is 12.9. The van der Waals surface area contributed by atoms with E-state index in [1.807, 2.05) is 6.42 Å². The van der Waals surface area contributed by atoms with Gasteiger partial charge in [0.25, 0.3) is 0 Å². The number of alkyl halides is 1. The highest BCUT2D eigenvalue weighted by Crippen LogP contribution is 2.29. The molecule has 0 saturated heterocycles. The van der Waals surface area contributed by atoms with Crippen LogP contribution in [0, 0.1) is 17.8 Å². The van der Waals surface area contributed by atoms with E-state index in [0.717, 1.165) is 12.8 Å². The molecule has 0 aromatic rings. The number of halogens is 1. The Bertz CT molecular complexity index is 130. The second-order valence-corrected chi connectivity index (χ2v) is 2.44. The SMILES string of the molecule is N#CC1(F)CC[CH]CC1. The molecule has 49 valence electrons. The molecule has 0 aliphatic heterocycles. The van der Waals surface area contributed by atoms with Crippen LogP contribution in [0.1, 0.15) is 25.7 Å².